The Labute approximate surface area is 123 Å². The molecule has 2 aromatic carbocycles. The number of nitrogen functional groups attached to an aromatic ring is 1. The van der Waals surface area contributed by atoms with Gasteiger partial charge in [0, 0.05) is 5.69 Å². The molecule has 3 rings (SSSR count). The maximum Gasteiger partial charge on any atom is 0.119 e. The number of hydrogen-bond donors (Lipinski definition) is 1. The van der Waals surface area contributed by atoms with Crippen LogP contribution in [0.25, 0.3) is 11.0 Å². The smallest absolute Gasteiger partial charge is 0.119 e. The van der Waals surface area contributed by atoms with Gasteiger partial charge in [-0.3, -0.25) is 0 Å². The zero-order valence-electron chi connectivity index (χ0n) is 12.2. The summed E-state index contributed by atoms with van der Waals surface area (Å²) in [4.78, 5) is 0. The first-order valence-electron chi connectivity index (χ1n) is 6.92. The zero-order valence-corrected chi connectivity index (χ0v) is 12.2. The number of nitrogens with zero attached hydrogens (tertiary/aromatic N) is 3. The minimum atomic E-state index is 0.537. The van der Waals surface area contributed by atoms with Gasteiger partial charge in [-0.05, 0) is 61.4 Å². The van der Waals surface area contributed by atoms with E-state index in [9.17, 15) is 0 Å². The summed E-state index contributed by atoms with van der Waals surface area (Å²) in [6.45, 7) is 5.37. The first-order chi connectivity index (χ1) is 10.1. The van der Waals surface area contributed by atoms with Gasteiger partial charge in [-0.1, -0.05) is 5.21 Å². The quantitative estimate of drug-likeness (QED) is 0.747. The molecule has 2 N–H and O–H groups in total. The highest BCUT2D eigenvalue weighted by Gasteiger charge is 2.06. The predicted octanol–water partition coefficient (Wildman–Crippen LogP) is 2.71. The van der Waals surface area contributed by atoms with Crippen LogP contribution in [0.3, 0.4) is 0 Å². The molecule has 1 aromatic heterocycles. The van der Waals surface area contributed by atoms with Gasteiger partial charge in [0.1, 0.15) is 17.9 Å². The minimum Gasteiger partial charge on any atom is -0.492 e. The van der Waals surface area contributed by atoms with Crippen molar-refractivity contribution in [2.24, 2.45) is 0 Å². The third-order valence-electron chi connectivity index (χ3n) is 3.58. The second-order valence-electron chi connectivity index (χ2n) is 5.16. The Morgan fingerprint density at radius 3 is 2.57 bits per heavy atom. The molecular formula is C16H18N4O. The normalized spacial score (nSPS) is 11.0. The molecule has 0 atom stereocenters. The van der Waals surface area contributed by atoms with Crippen LogP contribution >= 0.6 is 0 Å². The summed E-state index contributed by atoms with van der Waals surface area (Å²) in [5.74, 6) is 0.806. The lowest BCUT2D eigenvalue weighted by molar-refractivity contribution is 0.292. The second kappa shape index (κ2) is 5.44. The summed E-state index contributed by atoms with van der Waals surface area (Å²) < 4.78 is 7.57. The molecule has 108 valence electrons. The highest BCUT2D eigenvalue weighted by atomic mass is 16.5. The molecule has 0 aliphatic heterocycles. The van der Waals surface area contributed by atoms with E-state index in [2.05, 4.69) is 36.3 Å². The summed E-state index contributed by atoms with van der Waals surface area (Å²) in [5, 5.41) is 8.39. The van der Waals surface area contributed by atoms with Crippen LogP contribution in [0, 0.1) is 13.8 Å². The Hall–Kier alpha value is -2.56. The molecule has 0 unspecified atom stereocenters. The molecule has 0 fully saturated rings. The SMILES string of the molecule is Cc1cc2nnn(CCOc3ccc(N)cc3)c2cc1C. The number of aryl methyl sites for hydroxylation is 2. The van der Waals surface area contributed by atoms with Crippen LogP contribution in [0.2, 0.25) is 0 Å². The second-order valence-corrected chi connectivity index (χ2v) is 5.16. The van der Waals surface area contributed by atoms with E-state index in [0.717, 1.165) is 22.5 Å². The fourth-order valence-electron chi connectivity index (χ4n) is 2.20. The maximum absolute atomic E-state index is 5.69. The van der Waals surface area contributed by atoms with Gasteiger partial charge in [-0.2, -0.15) is 0 Å². The van der Waals surface area contributed by atoms with Crippen LogP contribution < -0.4 is 10.5 Å². The molecule has 21 heavy (non-hydrogen) atoms. The average molecular weight is 282 g/mol. The Morgan fingerprint density at radius 1 is 1.10 bits per heavy atom. The monoisotopic (exact) mass is 282 g/mol. The summed E-state index contributed by atoms with van der Waals surface area (Å²) in [6, 6.07) is 11.6. The Kier molecular flexibility index (Phi) is 3.48. The lowest BCUT2D eigenvalue weighted by Crippen LogP contribution is -2.09. The summed E-state index contributed by atoms with van der Waals surface area (Å²) in [7, 11) is 0. The average Bonchev–Trinajstić information content (AvgIpc) is 2.84. The number of nitrogens with two attached hydrogens (primary N) is 1. The summed E-state index contributed by atoms with van der Waals surface area (Å²) >= 11 is 0. The van der Waals surface area contributed by atoms with E-state index in [-0.39, 0.29) is 0 Å². The molecule has 0 saturated carbocycles. The third kappa shape index (κ3) is 2.81. The van der Waals surface area contributed by atoms with Gasteiger partial charge in [-0.15, -0.1) is 5.10 Å². The molecule has 0 amide bonds. The van der Waals surface area contributed by atoms with E-state index in [1.807, 2.05) is 28.9 Å². The van der Waals surface area contributed by atoms with Gasteiger partial charge in [0.2, 0.25) is 0 Å². The van der Waals surface area contributed by atoms with Crippen molar-refractivity contribution in [2.45, 2.75) is 20.4 Å². The molecular weight excluding hydrogens is 264 g/mol. The largest absolute Gasteiger partial charge is 0.492 e. The topological polar surface area (TPSA) is 66.0 Å². The van der Waals surface area contributed by atoms with Crippen molar-refractivity contribution in [3.8, 4) is 5.75 Å². The first kappa shape index (κ1) is 13.4. The van der Waals surface area contributed by atoms with Crippen molar-refractivity contribution in [3.05, 3.63) is 47.5 Å². The van der Waals surface area contributed by atoms with Crippen LogP contribution in [0.5, 0.6) is 5.75 Å². The first-order valence-corrected chi connectivity index (χ1v) is 6.92. The number of anilines is 1. The predicted molar refractivity (Wildman–Crippen MR) is 83.4 cm³/mol. The fraction of sp³-hybridized carbons (Fsp3) is 0.250. The van der Waals surface area contributed by atoms with Crippen LogP contribution in [-0.2, 0) is 6.54 Å². The fourth-order valence-corrected chi connectivity index (χ4v) is 2.20. The van der Waals surface area contributed by atoms with E-state index in [0.29, 0.717) is 13.2 Å². The van der Waals surface area contributed by atoms with E-state index >= 15 is 0 Å². The highest BCUT2D eigenvalue weighted by Crippen LogP contribution is 2.17. The van der Waals surface area contributed by atoms with E-state index in [1.165, 1.54) is 11.1 Å². The Morgan fingerprint density at radius 2 is 1.81 bits per heavy atom. The van der Waals surface area contributed by atoms with Gasteiger partial charge in [0.15, 0.2) is 0 Å². The van der Waals surface area contributed by atoms with Crippen molar-refractivity contribution < 1.29 is 4.74 Å². The number of hydrogen-bond acceptors (Lipinski definition) is 4. The number of aromatic nitrogens is 3. The van der Waals surface area contributed by atoms with Crippen molar-refractivity contribution >= 4 is 16.7 Å². The number of fused-ring (bicyclic) bond motifs is 1. The van der Waals surface area contributed by atoms with Crippen molar-refractivity contribution in [1.82, 2.24) is 15.0 Å². The lowest BCUT2D eigenvalue weighted by Gasteiger charge is -2.07. The van der Waals surface area contributed by atoms with Crippen molar-refractivity contribution in [3.63, 3.8) is 0 Å². The van der Waals surface area contributed by atoms with E-state index in [4.69, 9.17) is 10.5 Å². The lowest BCUT2D eigenvalue weighted by atomic mass is 10.1. The zero-order chi connectivity index (χ0) is 14.8. The molecule has 5 heteroatoms. The van der Waals surface area contributed by atoms with Gasteiger partial charge < -0.3 is 10.5 Å². The molecule has 3 aromatic rings. The van der Waals surface area contributed by atoms with Gasteiger partial charge >= 0.3 is 0 Å². The molecule has 0 spiro atoms. The number of benzene rings is 2. The number of rotatable bonds is 4. The maximum atomic E-state index is 5.69. The van der Waals surface area contributed by atoms with Crippen molar-refractivity contribution in [1.29, 1.82) is 0 Å². The molecule has 0 aliphatic rings. The molecule has 5 nitrogen and oxygen atoms in total. The molecule has 0 radical (unpaired) electrons. The van der Waals surface area contributed by atoms with Gasteiger partial charge in [0.05, 0.1) is 12.1 Å². The van der Waals surface area contributed by atoms with Gasteiger partial charge in [0.25, 0.3) is 0 Å². The van der Waals surface area contributed by atoms with E-state index < -0.39 is 0 Å². The summed E-state index contributed by atoms with van der Waals surface area (Å²) in [5.41, 5.74) is 10.8. The highest BCUT2D eigenvalue weighted by molar-refractivity contribution is 5.76. The van der Waals surface area contributed by atoms with Crippen LogP contribution in [0.4, 0.5) is 5.69 Å². The van der Waals surface area contributed by atoms with Crippen LogP contribution in [0.1, 0.15) is 11.1 Å². The van der Waals surface area contributed by atoms with Crippen LogP contribution in [0.15, 0.2) is 36.4 Å². The van der Waals surface area contributed by atoms with Gasteiger partial charge in [-0.25, -0.2) is 4.68 Å². The summed E-state index contributed by atoms with van der Waals surface area (Å²) in [6.07, 6.45) is 0. The Balaban J connectivity index is 1.70. The molecule has 0 bridgehead atoms. The van der Waals surface area contributed by atoms with Crippen molar-refractivity contribution in [2.75, 3.05) is 12.3 Å². The van der Waals surface area contributed by atoms with E-state index in [1.54, 1.807) is 0 Å². The molecule has 0 saturated heterocycles. The Bertz CT molecular complexity index is 762. The minimum absolute atomic E-state index is 0.537. The molecule has 1 heterocycles. The number of ether oxygens (including phenoxy) is 1. The third-order valence-corrected chi connectivity index (χ3v) is 3.58. The van der Waals surface area contributed by atoms with Crippen LogP contribution in [-0.4, -0.2) is 21.6 Å². The molecule has 0 aliphatic carbocycles. The standard InChI is InChI=1S/C16H18N4O/c1-11-9-15-16(10-12(11)2)20(19-18-15)7-8-21-14-5-3-13(17)4-6-14/h3-6,9-10H,7-8,17H2,1-2H3.